The van der Waals surface area contributed by atoms with Gasteiger partial charge in [0.2, 0.25) is 0 Å². The zero-order chi connectivity index (χ0) is 24.7. The number of hydrogen-bond acceptors (Lipinski definition) is 4. The minimum atomic E-state index is -0.399. The normalized spacial score (nSPS) is 23.1. The molecule has 182 valence electrons. The van der Waals surface area contributed by atoms with Crippen molar-refractivity contribution < 1.29 is 19.1 Å². The molecule has 0 aromatic heterocycles. The van der Waals surface area contributed by atoms with Crippen molar-refractivity contribution in [2.24, 2.45) is 11.3 Å². The molecule has 0 radical (unpaired) electrons. The van der Waals surface area contributed by atoms with Gasteiger partial charge in [0.05, 0.1) is 0 Å². The molecule has 0 spiro atoms. The molecule has 0 bridgehead atoms. The molecular formula is C30H38O4. The molecule has 2 aliphatic carbocycles. The maximum absolute atomic E-state index is 12.4. The van der Waals surface area contributed by atoms with E-state index in [1.54, 1.807) is 0 Å². The maximum atomic E-state index is 12.4. The van der Waals surface area contributed by atoms with Gasteiger partial charge in [-0.1, -0.05) is 70.5 Å². The number of carbonyl (C=O) groups is 2. The van der Waals surface area contributed by atoms with Crippen molar-refractivity contribution in [3.63, 3.8) is 0 Å². The molecule has 4 heteroatoms. The van der Waals surface area contributed by atoms with Gasteiger partial charge in [0.1, 0.15) is 0 Å². The lowest BCUT2D eigenvalue weighted by atomic mass is 9.48. The highest BCUT2D eigenvalue weighted by Gasteiger charge is 2.54. The maximum Gasteiger partial charge on any atom is 0.308 e. The first-order chi connectivity index (χ1) is 16.0. The highest BCUT2D eigenvalue weighted by Crippen LogP contribution is 2.62. The van der Waals surface area contributed by atoms with E-state index in [-0.39, 0.29) is 22.7 Å². The minimum Gasteiger partial charge on any atom is -0.422 e. The average Bonchev–Trinajstić information content (AvgIpc) is 2.74. The molecule has 2 atom stereocenters. The highest BCUT2D eigenvalue weighted by atomic mass is 16.6. The summed E-state index contributed by atoms with van der Waals surface area (Å²) in [6, 6.07) is 12.9. The number of aryl methyl sites for hydroxylation is 1. The first-order valence-corrected chi connectivity index (χ1v) is 12.7. The summed E-state index contributed by atoms with van der Waals surface area (Å²) in [5.74, 6) is 0.674. The van der Waals surface area contributed by atoms with Crippen LogP contribution >= 0.6 is 0 Å². The van der Waals surface area contributed by atoms with Crippen molar-refractivity contribution in [3.05, 3.63) is 58.7 Å². The van der Waals surface area contributed by atoms with Crippen LogP contribution in [0.15, 0.2) is 36.4 Å². The van der Waals surface area contributed by atoms with Gasteiger partial charge in [-0.2, -0.15) is 0 Å². The Kier molecular flexibility index (Phi) is 6.63. The first kappa shape index (κ1) is 24.5. The lowest BCUT2D eigenvalue weighted by molar-refractivity contribution is -0.134. The molecule has 0 N–H and O–H groups in total. The molecule has 0 heterocycles. The molecule has 1 saturated carbocycles. The number of rotatable bonds is 5. The van der Waals surface area contributed by atoms with Gasteiger partial charge in [-0.3, -0.25) is 9.59 Å². The lowest BCUT2D eigenvalue weighted by Gasteiger charge is -2.56. The van der Waals surface area contributed by atoms with Crippen molar-refractivity contribution in [1.29, 1.82) is 0 Å². The van der Waals surface area contributed by atoms with Crippen LogP contribution in [0.2, 0.25) is 0 Å². The molecule has 0 saturated heterocycles. The van der Waals surface area contributed by atoms with Gasteiger partial charge in [0, 0.05) is 30.4 Å². The van der Waals surface area contributed by atoms with Crippen LogP contribution in [-0.4, -0.2) is 11.9 Å². The molecule has 2 aliphatic rings. The van der Waals surface area contributed by atoms with Gasteiger partial charge < -0.3 is 9.47 Å². The molecule has 0 aliphatic heterocycles. The largest absolute Gasteiger partial charge is 0.422 e. The number of hydrogen-bond donors (Lipinski definition) is 0. The smallest absolute Gasteiger partial charge is 0.308 e. The Bertz CT molecular complexity index is 1080. The molecule has 4 nitrogen and oxygen atoms in total. The Hall–Kier alpha value is -2.62. The molecule has 2 aromatic rings. The Morgan fingerprint density at radius 3 is 2.26 bits per heavy atom. The first-order valence-electron chi connectivity index (χ1n) is 12.7. The third-order valence-corrected chi connectivity index (χ3v) is 8.08. The molecule has 0 amide bonds. The molecule has 34 heavy (non-hydrogen) atoms. The van der Waals surface area contributed by atoms with Gasteiger partial charge in [0.25, 0.3) is 0 Å². The van der Waals surface area contributed by atoms with Crippen LogP contribution in [0.3, 0.4) is 0 Å². The fourth-order valence-corrected chi connectivity index (χ4v) is 6.86. The Labute approximate surface area is 204 Å². The summed E-state index contributed by atoms with van der Waals surface area (Å²) in [7, 11) is 0. The van der Waals surface area contributed by atoms with E-state index in [4.69, 9.17) is 9.47 Å². The van der Waals surface area contributed by atoms with E-state index in [0.29, 0.717) is 17.4 Å². The summed E-state index contributed by atoms with van der Waals surface area (Å²) in [5, 5.41) is 0. The molecule has 2 aromatic carbocycles. The van der Waals surface area contributed by atoms with E-state index in [1.807, 2.05) is 0 Å². The number of carbonyl (C=O) groups excluding carboxylic acids is 2. The van der Waals surface area contributed by atoms with E-state index >= 15 is 0 Å². The van der Waals surface area contributed by atoms with Crippen molar-refractivity contribution in [1.82, 2.24) is 0 Å². The van der Waals surface area contributed by atoms with Gasteiger partial charge in [0.15, 0.2) is 11.5 Å². The fraction of sp³-hybridized carbons (Fsp3) is 0.533. The van der Waals surface area contributed by atoms with E-state index in [0.717, 1.165) is 43.2 Å². The second kappa shape index (κ2) is 9.20. The van der Waals surface area contributed by atoms with Gasteiger partial charge in [-0.05, 0) is 60.5 Å². The Morgan fingerprint density at radius 1 is 1.00 bits per heavy atom. The van der Waals surface area contributed by atoms with Crippen molar-refractivity contribution in [3.8, 4) is 11.5 Å². The van der Waals surface area contributed by atoms with Gasteiger partial charge in [-0.25, -0.2) is 0 Å². The predicted molar refractivity (Wildman–Crippen MR) is 134 cm³/mol. The monoisotopic (exact) mass is 462 g/mol. The third kappa shape index (κ3) is 4.39. The summed E-state index contributed by atoms with van der Waals surface area (Å²) in [4.78, 5) is 24.6. The van der Waals surface area contributed by atoms with Crippen LogP contribution in [0.25, 0.3) is 0 Å². The highest BCUT2D eigenvalue weighted by molar-refractivity contribution is 5.77. The molecule has 4 rings (SSSR count). The molecule has 0 unspecified atom stereocenters. The molecular weight excluding hydrogens is 424 g/mol. The number of fused-ring (bicyclic) bond motifs is 3. The van der Waals surface area contributed by atoms with Crippen LogP contribution in [0, 0.1) is 11.3 Å². The van der Waals surface area contributed by atoms with E-state index in [2.05, 4.69) is 64.1 Å². The summed E-state index contributed by atoms with van der Waals surface area (Å²) in [6.45, 7) is 11.8. The van der Waals surface area contributed by atoms with Crippen molar-refractivity contribution in [2.45, 2.75) is 91.4 Å². The topological polar surface area (TPSA) is 52.6 Å². The minimum absolute atomic E-state index is 0.125. The van der Waals surface area contributed by atoms with Crippen molar-refractivity contribution >= 4 is 11.9 Å². The zero-order valence-corrected chi connectivity index (χ0v) is 21.5. The number of ether oxygens (including phenoxy) is 2. The van der Waals surface area contributed by atoms with Crippen LogP contribution in [-0.2, 0) is 27.8 Å². The van der Waals surface area contributed by atoms with Crippen LogP contribution in [0.4, 0.5) is 0 Å². The van der Waals surface area contributed by atoms with E-state index < -0.39 is 5.97 Å². The molecule has 1 fully saturated rings. The second-order valence-corrected chi connectivity index (χ2v) is 11.3. The lowest BCUT2D eigenvalue weighted by Crippen LogP contribution is -2.51. The zero-order valence-electron chi connectivity index (χ0n) is 21.5. The third-order valence-electron chi connectivity index (χ3n) is 8.08. The van der Waals surface area contributed by atoms with Crippen LogP contribution in [0.5, 0.6) is 11.5 Å². The summed E-state index contributed by atoms with van der Waals surface area (Å²) >= 11 is 0. The standard InChI is InChI=1S/C30H38O4/c1-19(2)24-17-23-13-14-25-29(5,6)15-10-16-30(25,18-22-11-8-7-9-12-22)26(23)28(34-21(4)32)27(24)33-20(3)31/h7-9,11-12,17,19,25H,10,13-16,18H2,1-6H3/t25-,30+/m0/s1. The fourth-order valence-electron chi connectivity index (χ4n) is 6.86. The number of benzene rings is 2. The quantitative estimate of drug-likeness (QED) is 0.358. The number of esters is 2. The van der Waals surface area contributed by atoms with E-state index in [1.165, 1.54) is 31.4 Å². The summed E-state index contributed by atoms with van der Waals surface area (Å²) < 4.78 is 11.8. The van der Waals surface area contributed by atoms with Gasteiger partial charge >= 0.3 is 11.9 Å². The summed E-state index contributed by atoms with van der Waals surface area (Å²) in [6.07, 6.45) is 6.25. The van der Waals surface area contributed by atoms with E-state index in [9.17, 15) is 9.59 Å². The predicted octanol–water partition coefficient (Wildman–Crippen LogP) is 6.91. The average molecular weight is 463 g/mol. The van der Waals surface area contributed by atoms with Crippen LogP contribution in [0.1, 0.15) is 95.4 Å². The second-order valence-electron chi connectivity index (χ2n) is 11.3. The SMILES string of the molecule is CC(=O)Oc1c(C(C)C)cc2c(c1OC(C)=O)[C@@]1(Cc3ccccc3)CCCC(C)(C)[C@@H]1CC2. The van der Waals surface area contributed by atoms with Gasteiger partial charge in [-0.15, -0.1) is 0 Å². The Balaban J connectivity index is 2.05. The summed E-state index contributed by atoms with van der Waals surface area (Å²) in [5.41, 5.74) is 4.52. The van der Waals surface area contributed by atoms with Crippen molar-refractivity contribution in [2.75, 3.05) is 0 Å². The van der Waals surface area contributed by atoms with Crippen LogP contribution < -0.4 is 9.47 Å². The Morgan fingerprint density at radius 2 is 1.65 bits per heavy atom.